The normalized spacial score (nSPS) is 14.2. The zero-order chi connectivity index (χ0) is 17.3. The molecule has 1 aliphatic heterocycles. The van der Waals surface area contributed by atoms with Gasteiger partial charge in [0.15, 0.2) is 0 Å². The Labute approximate surface area is 139 Å². The minimum atomic E-state index is -3.76. The van der Waals surface area contributed by atoms with E-state index >= 15 is 0 Å². The van der Waals surface area contributed by atoms with Crippen LogP contribution in [0, 0.1) is 0 Å². The summed E-state index contributed by atoms with van der Waals surface area (Å²) in [6, 6.07) is 7.04. The number of nitrogens with zero attached hydrogens (tertiary/aromatic N) is 3. The summed E-state index contributed by atoms with van der Waals surface area (Å²) in [4.78, 5) is 21.7. The second-order valence-electron chi connectivity index (χ2n) is 5.40. The molecule has 0 unspecified atom stereocenters. The molecule has 0 fully saturated rings. The van der Waals surface area contributed by atoms with Crippen molar-refractivity contribution >= 4 is 22.1 Å². The van der Waals surface area contributed by atoms with Crippen LogP contribution in [0.15, 0.2) is 30.6 Å². The third kappa shape index (κ3) is 3.50. The molecule has 2 heterocycles. The van der Waals surface area contributed by atoms with Crippen molar-refractivity contribution in [3.8, 4) is 11.3 Å². The van der Waals surface area contributed by atoms with Crippen LogP contribution in [0.25, 0.3) is 11.3 Å². The van der Waals surface area contributed by atoms with Gasteiger partial charge in [0.25, 0.3) is 10.2 Å². The van der Waals surface area contributed by atoms with Crippen LogP contribution >= 0.6 is 0 Å². The van der Waals surface area contributed by atoms with E-state index in [1.165, 1.54) is 11.2 Å². The molecule has 1 aliphatic rings. The van der Waals surface area contributed by atoms with E-state index in [1.54, 1.807) is 19.2 Å². The molecule has 2 amide bonds. The number of fused-ring (bicyclic) bond motifs is 1. The van der Waals surface area contributed by atoms with E-state index in [0.717, 1.165) is 16.7 Å². The van der Waals surface area contributed by atoms with Gasteiger partial charge in [-0.1, -0.05) is 18.2 Å². The Morgan fingerprint density at radius 2 is 2.17 bits per heavy atom. The van der Waals surface area contributed by atoms with Crippen LogP contribution in [0.1, 0.15) is 11.1 Å². The summed E-state index contributed by atoms with van der Waals surface area (Å²) in [6.45, 7) is 0.466. The standard InChI is InChI=1S/C14H16N6O3S/c1-20-7-11-12(16-8-17-13(11)19-14(20)21)10-4-2-3-9(5-10)6-18-24(15,22)23/h2-5,8,18H,6-7H2,1H3,(H2,15,22,23)(H,16,17,19,21). The van der Waals surface area contributed by atoms with E-state index in [1.807, 2.05) is 12.1 Å². The van der Waals surface area contributed by atoms with Crippen molar-refractivity contribution in [2.75, 3.05) is 12.4 Å². The SMILES string of the molecule is CN1Cc2c(ncnc2-c2cccc(CNS(N)(=O)=O)c2)NC1=O. The maximum atomic E-state index is 11.7. The fraction of sp³-hybridized carbons (Fsp3) is 0.214. The molecule has 0 bridgehead atoms. The first-order chi connectivity index (χ1) is 11.3. The van der Waals surface area contributed by atoms with Gasteiger partial charge in [-0.05, 0) is 11.6 Å². The highest BCUT2D eigenvalue weighted by molar-refractivity contribution is 7.87. The first-order valence-electron chi connectivity index (χ1n) is 7.06. The fourth-order valence-electron chi connectivity index (χ4n) is 2.44. The number of hydrogen-bond donors (Lipinski definition) is 3. The van der Waals surface area contributed by atoms with Crippen molar-refractivity contribution in [3.05, 3.63) is 41.7 Å². The summed E-state index contributed by atoms with van der Waals surface area (Å²) in [5.41, 5.74) is 3.02. The quantitative estimate of drug-likeness (QED) is 0.737. The van der Waals surface area contributed by atoms with Crippen molar-refractivity contribution in [2.24, 2.45) is 5.14 Å². The van der Waals surface area contributed by atoms with E-state index in [2.05, 4.69) is 20.0 Å². The number of nitrogens with one attached hydrogen (secondary N) is 2. The number of amides is 2. The lowest BCUT2D eigenvalue weighted by Gasteiger charge is -2.26. The number of carbonyl (C=O) groups excluding carboxylic acids is 1. The molecule has 0 radical (unpaired) electrons. The molecule has 1 aromatic carbocycles. The predicted molar refractivity (Wildman–Crippen MR) is 87.9 cm³/mol. The highest BCUT2D eigenvalue weighted by atomic mass is 32.2. The molecule has 0 atom stereocenters. The summed E-state index contributed by atoms with van der Waals surface area (Å²) in [7, 11) is -2.08. The van der Waals surface area contributed by atoms with Crippen molar-refractivity contribution in [2.45, 2.75) is 13.1 Å². The molecule has 2 aromatic rings. The Morgan fingerprint density at radius 3 is 2.92 bits per heavy atom. The van der Waals surface area contributed by atoms with Crippen LogP contribution < -0.4 is 15.2 Å². The van der Waals surface area contributed by atoms with Gasteiger partial charge in [-0.25, -0.2) is 19.9 Å². The third-order valence-electron chi connectivity index (χ3n) is 3.59. The lowest BCUT2D eigenvalue weighted by Crippen LogP contribution is -2.36. The van der Waals surface area contributed by atoms with Gasteiger partial charge in [0.2, 0.25) is 0 Å². The lowest BCUT2D eigenvalue weighted by molar-refractivity contribution is 0.218. The number of hydrogen-bond acceptors (Lipinski definition) is 5. The van der Waals surface area contributed by atoms with Crippen LogP contribution in [-0.2, 0) is 23.3 Å². The molecule has 1 aromatic heterocycles. The first-order valence-corrected chi connectivity index (χ1v) is 8.61. The first kappa shape index (κ1) is 16.3. The van der Waals surface area contributed by atoms with Gasteiger partial charge in [0.1, 0.15) is 12.1 Å². The number of urea groups is 1. The molecule has 4 N–H and O–H groups in total. The van der Waals surface area contributed by atoms with Crippen LogP contribution in [-0.4, -0.2) is 36.4 Å². The number of aromatic nitrogens is 2. The van der Waals surface area contributed by atoms with Crippen LogP contribution in [0.5, 0.6) is 0 Å². The zero-order valence-corrected chi connectivity index (χ0v) is 13.7. The minimum absolute atomic E-state index is 0.0799. The van der Waals surface area contributed by atoms with Crippen LogP contribution in [0.3, 0.4) is 0 Å². The topological polar surface area (TPSA) is 130 Å². The molecular weight excluding hydrogens is 332 g/mol. The summed E-state index contributed by atoms with van der Waals surface area (Å²) in [5, 5.41) is 7.65. The van der Waals surface area contributed by atoms with E-state index < -0.39 is 10.2 Å². The minimum Gasteiger partial charge on any atom is -0.323 e. The molecule has 0 saturated carbocycles. The number of anilines is 1. The molecule has 0 saturated heterocycles. The Bertz CT molecular complexity index is 899. The van der Waals surface area contributed by atoms with Gasteiger partial charge in [-0.2, -0.15) is 13.1 Å². The van der Waals surface area contributed by atoms with Crippen molar-refractivity contribution < 1.29 is 13.2 Å². The zero-order valence-electron chi connectivity index (χ0n) is 12.9. The molecule has 24 heavy (non-hydrogen) atoms. The second-order valence-corrected chi connectivity index (χ2v) is 6.78. The number of carbonyl (C=O) groups is 1. The van der Waals surface area contributed by atoms with Gasteiger partial charge in [-0.15, -0.1) is 0 Å². The maximum absolute atomic E-state index is 11.7. The maximum Gasteiger partial charge on any atom is 0.323 e. The lowest BCUT2D eigenvalue weighted by atomic mass is 10.0. The van der Waals surface area contributed by atoms with Crippen LogP contribution in [0.2, 0.25) is 0 Å². The van der Waals surface area contributed by atoms with E-state index in [9.17, 15) is 13.2 Å². The summed E-state index contributed by atoms with van der Waals surface area (Å²) >= 11 is 0. The molecule has 0 spiro atoms. The summed E-state index contributed by atoms with van der Waals surface area (Å²) < 4.78 is 24.3. The van der Waals surface area contributed by atoms with Gasteiger partial charge in [0.05, 0.1) is 12.2 Å². The fourth-order valence-corrected chi connectivity index (χ4v) is 2.80. The number of rotatable bonds is 4. The van der Waals surface area contributed by atoms with Crippen molar-refractivity contribution in [3.63, 3.8) is 0 Å². The Hall–Kier alpha value is -2.56. The van der Waals surface area contributed by atoms with Gasteiger partial charge < -0.3 is 4.90 Å². The molecule has 126 valence electrons. The smallest absolute Gasteiger partial charge is 0.323 e. The highest BCUT2D eigenvalue weighted by Gasteiger charge is 2.24. The molecule has 9 nitrogen and oxygen atoms in total. The van der Waals surface area contributed by atoms with Crippen molar-refractivity contribution in [1.82, 2.24) is 19.6 Å². The monoisotopic (exact) mass is 348 g/mol. The largest absolute Gasteiger partial charge is 0.323 e. The molecule has 3 rings (SSSR count). The third-order valence-corrected chi connectivity index (χ3v) is 4.14. The van der Waals surface area contributed by atoms with E-state index in [4.69, 9.17) is 5.14 Å². The number of nitrogens with two attached hydrogens (primary N) is 1. The average molecular weight is 348 g/mol. The molecule has 0 aliphatic carbocycles. The highest BCUT2D eigenvalue weighted by Crippen LogP contribution is 2.29. The Morgan fingerprint density at radius 1 is 1.38 bits per heavy atom. The van der Waals surface area contributed by atoms with Gasteiger partial charge >= 0.3 is 6.03 Å². The Balaban J connectivity index is 1.96. The van der Waals surface area contributed by atoms with Gasteiger partial charge in [-0.3, -0.25) is 5.32 Å². The second kappa shape index (κ2) is 6.15. The van der Waals surface area contributed by atoms with E-state index in [-0.39, 0.29) is 12.6 Å². The molecule has 10 heteroatoms. The summed E-state index contributed by atoms with van der Waals surface area (Å²) in [5.74, 6) is 0.483. The molecular formula is C14H16N6O3S. The van der Waals surface area contributed by atoms with Gasteiger partial charge in [0, 0.05) is 24.7 Å². The van der Waals surface area contributed by atoms with E-state index in [0.29, 0.717) is 18.1 Å². The Kier molecular flexibility index (Phi) is 4.18. The predicted octanol–water partition coefficient (Wildman–Crippen LogP) is 0.414. The summed E-state index contributed by atoms with van der Waals surface area (Å²) in [6.07, 6.45) is 1.38. The number of benzene rings is 1. The average Bonchev–Trinajstić information content (AvgIpc) is 2.53. The van der Waals surface area contributed by atoms with Crippen LogP contribution in [0.4, 0.5) is 10.6 Å². The van der Waals surface area contributed by atoms with Crippen molar-refractivity contribution in [1.29, 1.82) is 0 Å².